The highest BCUT2D eigenvalue weighted by atomic mass is 79.9. The van der Waals surface area contributed by atoms with Crippen LogP contribution in [-0.4, -0.2) is 18.2 Å². The van der Waals surface area contributed by atoms with Crippen LogP contribution in [0, 0.1) is 0 Å². The molecule has 0 aliphatic rings. The zero-order valence-electron chi connectivity index (χ0n) is 11.8. The van der Waals surface area contributed by atoms with Gasteiger partial charge in [-0.1, -0.05) is 45.7 Å². The molecule has 0 radical (unpaired) electrons. The van der Waals surface area contributed by atoms with E-state index in [0.29, 0.717) is 16.5 Å². The topological polar surface area (TPSA) is 50.7 Å². The van der Waals surface area contributed by atoms with Crippen molar-refractivity contribution in [2.75, 3.05) is 6.61 Å². The van der Waals surface area contributed by atoms with Gasteiger partial charge in [-0.05, 0) is 42.8 Å². The molecule has 0 bridgehead atoms. The first-order chi connectivity index (χ1) is 10.5. The van der Waals surface area contributed by atoms with Crippen molar-refractivity contribution in [3.63, 3.8) is 0 Å². The van der Waals surface area contributed by atoms with E-state index < -0.39 is 0 Å². The molecule has 22 heavy (non-hydrogen) atoms. The second-order valence-corrected chi connectivity index (χ2v) is 5.84. The van der Waals surface area contributed by atoms with E-state index in [1.165, 1.54) is 0 Å². The van der Waals surface area contributed by atoms with Crippen molar-refractivity contribution in [1.29, 1.82) is 0 Å². The summed E-state index contributed by atoms with van der Waals surface area (Å²) in [6.07, 6.45) is 0. The van der Waals surface area contributed by atoms with Crippen molar-refractivity contribution in [3.8, 4) is 5.75 Å². The molecule has 0 fully saturated rings. The van der Waals surface area contributed by atoms with Gasteiger partial charge in [-0.15, -0.1) is 0 Å². The maximum Gasteiger partial charge on any atom is 0.277 e. The molecule has 0 heterocycles. The van der Waals surface area contributed by atoms with Gasteiger partial charge in [0.25, 0.3) is 5.91 Å². The quantitative estimate of drug-likeness (QED) is 0.628. The van der Waals surface area contributed by atoms with Gasteiger partial charge in [-0.3, -0.25) is 4.79 Å². The highest BCUT2D eigenvalue weighted by Gasteiger charge is 2.03. The number of hydrogen-bond donors (Lipinski definition) is 1. The van der Waals surface area contributed by atoms with E-state index in [1.54, 1.807) is 24.3 Å². The molecule has 2 aromatic carbocycles. The van der Waals surface area contributed by atoms with Gasteiger partial charge in [0.1, 0.15) is 5.75 Å². The fourth-order valence-electron chi connectivity index (χ4n) is 1.66. The van der Waals surface area contributed by atoms with Gasteiger partial charge in [-0.2, -0.15) is 5.10 Å². The predicted molar refractivity (Wildman–Crippen MR) is 91.4 cm³/mol. The fourth-order valence-corrected chi connectivity index (χ4v) is 2.24. The van der Waals surface area contributed by atoms with E-state index in [2.05, 4.69) is 26.5 Å². The Labute approximate surface area is 142 Å². The number of benzene rings is 2. The first kappa shape index (κ1) is 16.5. The molecule has 0 atom stereocenters. The average molecular weight is 382 g/mol. The van der Waals surface area contributed by atoms with Crippen LogP contribution in [-0.2, 0) is 4.79 Å². The molecule has 0 unspecified atom stereocenters. The minimum atomic E-state index is -0.339. The van der Waals surface area contributed by atoms with Crippen LogP contribution >= 0.6 is 27.5 Å². The summed E-state index contributed by atoms with van der Waals surface area (Å²) in [6, 6.07) is 14.5. The molecular weight excluding hydrogens is 368 g/mol. The summed E-state index contributed by atoms with van der Waals surface area (Å²) < 4.78 is 6.29. The van der Waals surface area contributed by atoms with Crippen LogP contribution in [0.3, 0.4) is 0 Å². The van der Waals surface area contributed by atoms with Crippen LogP contribution in [0.4, 0.5) is 0 Å². The average Bonchev–Trinajstić information content (AvgIpc) is 2.50. The third kappa shape index (κ3) is 5.16. The van der Waals surface area contributed by atoms with Gasteiger partial charge in [-0.25, -0.2) is 5.43 Å². The third-order valence-electron chi connectivity index (χ3n) is 2.76. The number of carbonyl (C=O) groups excluding carboxylic acids is 1. The maximum atomic E-state index is 11.7. The zero-order chi connectivity index (χ0) is 15.9. The Morgan fingerprint density at radius 2 is 2.05 bits per heavy atom. The van der Waals surface area contributed by atoms with E-state index in [4.69, 9.17) is 16.3 Å². The van der Waals surface area contributed by atoms with Crippen LogP contribution in [0.2, 0.25) is 5.02 Å². The summed E-state index contributed by atoms with van der Waals surface area (Å²) >= 11 is 9.23. The first-order valence-electron chi connectivity index (χ1n) is 6.52. The number of halogens is 2. The lowest BCUT2D eigenvalue weighted by Crippen LogP contribution is -2.25. The Morgan fingerprint density at radius 3 is 2.77 bits per heavy atom. The van der Waals surface area contributed by atoms with E-state index in [9.17, 15) is 4.79 Å². The number of ether oxygens (including phenoxy) is 1. The fraction of sp³-hybridized carbons (Fsp3) is 0.125. The summed E-state index contributed by atoms with van der Waals surface area (Å²) in [5.41, 5.74) is 4.09. The van der Waals surface area contributed by atoms with Crippen molar-refractivity contribution >= 4 is 39.1 Å². The van der Waals surface area contributed by atoms with Crippen molar-refractivity contribution in [1.82, 2.24) is 5.43 Å². The largest absolute Gasteiger partial charge is 0.484 e. The standard InChI is InChI=1S/C16H14BrClN2O2/c1-11(12-4-2-5-13(17)8-12)19-20-16(21)10-22-15-7-3-6-14(18)9-15/h2-9H,10H2,1H3,(H,20,21)/b19-11-. The van der Waals surface area contributed by atoms with Crippen LogP contribution < -0.4 is 10.2 Å². The number of hydrogen-bond acceptors (Lipinski definition) is 3. The van der Waals surface area contributed by atoms with E-state index in [-0.39, 0.29) is 12.5 Å². The monoisotopic (exact) mass is 380 g/mol. The Morgan fingerprint density at radius 1 is 1.27 bits per heavy atom. The summed E-state index contributed by atoms with van der Waals surface area (Å²) in [4.78, 5) is 11.7. The second kappa shape index (κ2) is 7.96. The van der Waals surface area contributed by atoms with Crippen LogP contribution in [0.25, 0.3) is 0 Å². The summed E-state index contributed by atoms with van der Waals surface area (Å²) in [5, 5.41) is 4.61. The van der Waals surface area contributed by atoms with Crippen molar-refractivity contribution in [3.05, 3.63) is 63.6 Å². The number of amides is 1. The molecule has 2 aromatic rings. The van der Waals surface area contributed by atoms with Gasteiger partial charge >= 0.3 is 0 Å². The SMILES string of the molecule is C/C(=N/NC(=O)COc1cccc(Cl)c1)c1cccc(Br)c1. The lowest BCUT2D eigenvalue weighted by atomic mass is 10.1. The molecule has 4 nitrogen and oxygen atoms in total. The van der Waals surface area contributed by atoms with E-state index in [0.717, 1.165) is 10.0 Å². The van der Waals surface area contributed by atoms with Crippen molar-refractivity contribution < 1.29 is 9.53 Å². The molecular formula is C16H14BrClN2O2. The van der Waals surface area contributed by atoms with Gasteiger partial charge in [0, 0.05) is 9.50 Å². The highest BCUT2D eigenvalue weighted by molar-refractivity contribution is 9.10. The molecule has 0 saturated heterocycles. The highest BCUT2D eigenvalue weighted by Crippen LogP contribution is 2.16. The second-order valence-electron chi connectivity index (χ2n) is 4.49. The van der Waals surface area contributed by atoms with Crippen LogP contribution in [0.15, 0.2) is 58.1 Å². The molecule has 0 aliphatic carbocycles. The molecule has 0 aliphatic heterocycles. The minimum Gasteiger partial charge on any atom is -0.484 e. The Balaban J connectivity index is 1.88. The van der Waals surface area contributed by atoms with Gasteiger partial charge in [0.15, 0.2) is 6.61 Å². The Kier molecular flexibility index (Phi) is 5.98. The van der Waals surface area contributed by atoms with Crippen LogP contribution in [0.5, 0.6) is 5.75 Å². The Hall–Kier alpha value is -1.85. The number of carbonyl (C=O) groups is 1. The zero-order valence-corrected chi connectivity index (χ0v) is 14.2. The van der Waals surface area contributed by atoms with Crippen molar-refractivity contribution in [2.45, 2.75) is 6.92 Å². The Bertz CT molecular complexity index is 704. The van der Waals surface area contributed by atoms with Crippen molar-refractivity contribution in [2.24, 2.45) is 5.10 Å². The minimum absolute atomic E-state index is 0.129. The molecule has 6 heteroatoms. The van der Waals surface area contributed by atoms with E-state index >= 15 is 0 Å². The molecule has 114 valence electrons. The lowest BCUT2D eigenvalue weighted by molar-refractivity contribution is -0.123. The maximum absolute atomic E-state index is 11.7. The first-order valence-corrected chi connectivity index (χ1v) is 7.69. The smallest absolute Gasteiger partial charge is 0.277 e. The number of nitrogens with zero attached hydrogens (tertiary/aromatic N) is 1. The molecule has 0 spiro atoms. The third-order valence-corrected chi connectivity index (χ3v) is 3.49. The van der Waals surface area contributed by atoms with Gasteiger partial charge in [0.2, 0.25) is 0 Å². The summed E-state index contributed by atoms with van der Waals surface area (Å²) in [7, 11) is 0. The number of hydrazone groups is 1. The number of rotatable bonds is 5. The normalized spacial score (nSPS) is 11.1. The molecule has 2 rings (SSSR count). The summed E-state index contributed by atoms with van der Waals surface area (Å²) in [5.74, 6) is 0.199. The number of nitrogens with one attached hydrogen (secondary N) is 1. The predicted octanol–water partition coefficient (Wildman–Crippen LogP) is 4.02. The van der Waals surface area contributed by atoms with Gasteiger partial charge < -0.3 is 4.74 Å². The summed E-state index contributed by atoms with van der Waals surface area (Å²) in [6.45, 7) is 1.69. The lowest BCUT2D eigenvalue weighted by Gasteiger charge is -2.06. The molecule has 0 saturated carbocycles. The molecule has 1 N–H and O–H groups in total. The van der Waals surface area contributed by atoms with E-state index in [1.807, 2.05) is 31.2 Å². The molecule has 0 aromatic heterocycles. The van der Waals surface area contributed by atoms with Gasteiger partial charge in [0.05, 0.1) is 5.71 Å². The van der Waals surface area contributed by atoms with Crippen LogP contribution in [0.1, 0.15) is 12.5 Å². The molecule has 1 amide bonds.